The molecule has 3 rings (SSSR count). The second kappa shape index (κ2) is 6.18. The molecule has 0 unspecified atom stereocenters. The van der Waals surface area contributed by atoms with Crippen LogP contribution in [0, 0.1) is 5.92 Å². The monoisotopic (exact) mass is 297 g/mol. The van der Waals surface area contributed by atoms with E-state index in [0.29, 0.717) is 13.1 Å². The minimum atomic E-state index is -0.751. The summed E-state index contributed by atoms with van der Waals surface area (Å²) >= 11 is 0. The van der Waals surface area contributed by atoms with Crippen LogP contribution in [0.2, 0.25) is 0 Å². The predicted octanol–water partition coefficient (Wildman–Crippen LogP) is 3.17. The Bertz CT molecular complexity index is 697. The first kappa shape index (κ1) is 14.6. The third-order valence-corrected chi connectivity index (χ3v) is 4.39. The van der Waals surface area contributed by atoms with Crippen LogP contribution >= 0.6 is 0 Å². The van der Waals surface area contributed by atoms with E-state index in [-0.39, 0.29) is 18.2 Å². The maximum atomic E-state index is 12.8. The van der Waals surface area contributed by atoms with Gasteiger partial charge in [0.1, 0.15) is 0 Å². The number of fused-ring (bicyclic) bond motifs is 1. The fourth-order valence-corrected chi connectivity index (χ4v) is 3.17. The van der Waals surface area contributed by atoms with E-state index in [4.69, 9.17) is 5.11 Å². The molecule has 22 heavy (non-hydrogen) atoms. The average Bonchev–Trinajstić information content (AvgIpc) is 2.54. The van der Waals surface area contributed by atoms with Gasteiger partial charge in [-0.05, 0) is 35.6 Å². The number of carboxylic acids is 1. The summed E-state index contributed by atoms with van der Waals surface area (Å²) in [5.41, 5.74) is 0.731. The number of likely N-dealkylation sites (tertiary alicyclic amines) is 1. The fraction of sp³-hybridized carbons (Fsp3) is 0.333. The second-order valence-electron chi connectivity index (χ2n) is 5.86. The summed E-state index contributed by atoms with van der Waals surface area (Å²) in [6, 6.07) is 13.7. The zero-order valence-electron chi connectivity index (χ0n) is 12.4. The van der Waals surface area contributed by atoms with Crippen LogP contribution in [-0.2, 0) is 4.79 Å². The lowest BCUT2D eigenvalue weighted by Gasteiger charge is -2.31. The van der Waals surface area contributed by atoms with Crippen molar-refractivity contribution >= 4 is 22.6 Å². The van der Waals surface area contributed by atoms with Gasteiger partial charge < -0.3 is 10.0 Å². The third-order valence-electron chi connectivity index (χ3n) is 4.39. The first-order valence-electron chi connectivity index (χ1n) is 7.64. The SMILES string of the molecule is O=C(O)CC1CCN(C(=O)c2cccc3ccccc23)CC1. The van der Waals surface area contributed by atoms with E-state index >= 15 is 0 Å². The van der Waals surface area contributed by atoms with Crippen molar-refractivity contribution in [3.8, 4) is 0 Å². The molecular formula is C18H19NO3. The minimum Gasteiger partial charge on any atom is -0.481 e. The lowest BCUT2D eigenvalue weighted by atomic mass is 9.93. The van der Waals surface area contributed by atoms with Gasteiger partial charge in [-0.25, -0.2) is 0 Å². The molecule has 0 spiro atoms. The third kappa shape index (κ3) is 2.96. The van der Waals surface area contributed by atoms with Crippen LogP contribution in [0.3, 0.4) is 0 Å². The molecule has 1 aliphatic rings. The number of piperidine rings is 1. The number of benzene rings is 2. The van der Waals surface area contributed by atoms with Crippen molar-refractivity contribution in [3.05, 3.63) is 48.0 Å². The Kier molecular flexibility index (Phi) is 4.09. The van der Waals surface area contributed by atoms with Gasteiger partial charge in [0.15, 0.2) is 0 Å². The molecule has 2 aromatic carbocycles. The van der Waals surface area contributed by atoms with Gasteiger partial charge >= 0.3 is 5.97 Å². The smallest absolute Gasteiger partial charge is 0.303 e. The van der Waals surface area contributed by atoms with Gasteiger partial charge in [-0.1, -0.05) is 36.4 Å². The molecule has 1 N–H and O–H groups in total. The van der Waals surface area contributed by atoms with Crippen molar-refractivity contribution in [1.82, 2.24) is 4.90 Å². The van der Waals surface area contributed by atoms with Crippen LogP contribution in [0.25, 0.3) is 10.8 Å². The average molecular weight is 297 g/mol. The Morgan fingerprint density at radius 2 is 1.73 bits per heavy atom. The summed E-state index contributed by atoms with van der Waals surface area (Å²) in [6.45, 7) is 1.28. The highest BCUT2D eigenvalue weighted by molar-refractivity contribution is 6.07. The first-order valence-corrected chi connectivity index (χ1v) is 7.64. The Labute approximate surface area is 129 Å². The van der Waals surface area contributed by atoms with Gasteiger partial charge in [0.05, 0.1) is 0 Å². The maximum absolute atomic E-state index is 12.8. The number of carbonyl (C=O) groups excluding carboxylic acids is 1. The molecule has 1 heterocycles. The maximum Gasteiger partial charge on any atom is 0.303 e. The molecule has 2 aromatic rings. The van der Waals surface area contributed by atoms with Gasteiger partial charge in [-0.2, -0.15) is 0 Å². The Hall–Kier alpha value is -2.36. The van der Waals surface area contributed by atoms with Crippen molar-refractivity contribution in [2.75, 3.05) is 13.1 Å². The molecule has 0 aliphatic carbocycles. The Morgan fingerprint density at radius 3 is 2.45 bits per heavy atom. The van der Waals surface area contributed by atoms with Crippen LogP contribution in [0.4, 0.5) is 0 Å². The molecule has 1 fully saturated rings. The van der Waals surface area contributed by atoms with Crippen LogP contribution in [-0.4, -0.2) is 35.0 Å². The normalized spacial score (nSPS) is 15.9. The molecule has 0 bridgehead atoms. The summed E-state index contributed by atoms with van der Waals surface area (Å²) in [6.07, 6.45) is 1.74. The molecule has 0 atom stereocenters. The molecule has 0 radical (unpaired) electrons. The number of rotatable bonds is 3. The van der Waals surface area contributed by atoms with E-state index in [2.05, 4.69) is 0 Å². The Balaban J connectivity index is 1.76. The van der Waals surface area contributed by atoms with Gasteiger partial charge in [-0.15, -0.1) is 0 Å². The van der Waals surface area contributed by atoms with Gasteiger partial charge in [0.2, 0.25) is 0 Å². The molecule has 1 amide bonds. The number of carbonyl (C=O) groups is 2. The quantitative estimate of drug-likeness (QED) is 0.946. The van der Waals surface area contributed by atoms with Crippen LogP contribution < -0.4 is 0 Å². The molecule has 4 heteroatoms. The van der Waals surface area contributed by atoms with Gasteiger partial charge in [-0.3, -0.25) is 9.59 Å². The van der Waals surface area contributed by atoms with E-state index in [9.17, 15) is 9.59 Å². The van der Waals surface area contributed by atoms with Crippen molar-refractivity contribution < 1.29 is 14.7 Å². The van der Waals surface area contributed by atoms with Crippen molar-refractivity contribution in [2.24, 2.45) is 5.92 Å². The summed E-state index contributed by atoms with van der Waals surface area (Å²) in [4.78, 5) is 25.4. The van der Waals surface area contributed by atoms with Crippen molar-refractivity contribution in [2.45, 2.75) is 19.3 Å². The highest BCUT2D eigenvalue weighted by Gasteiger charge is 2.25. The molecule has 1 aliphatic heterocycles. The van der Waals surface area contributed by atoms with Gasteiger partial charge in [0.25, 0.3) is 5.91 Å². The van der Waals surface area contributed by atoms with E-state index < -0.39 is 5.97 Å². The number of hydrogen-bond donors (Lipinski definition) is 1. The predicted molar refractivity (Wildman–Crippen MR) is 84.8 cm³/mol. The lowest BCUT2D eigenvalue weighted by molar-refractivity contribution is -0.138. The molecule has 0 aromatic heterocycles. The first-order chi connectivity index (χ1) is 10.6. The summed E-state index contributed by atoms with van der Waals surface area (Å²) < 4.78 is 0. The molecule has 0 saturated carbocycles. The van der Waals surface area contributed by atoms with Gasteiger partial charge in [0, 0.05) is 25.1 Å². The molecule has 1 saturated heterocycles. The van der Waals surface area contributed by atoms with E-state index in [1.165, 1.54) is 0 Å². The largest absolute Gasteiger partial charge is 0.481 e. The number of hydrogen-bond acceptors (Lipinski definition) is 2. The van der Waals surface area contributed by atoms with E-state index in [0.717, 1.165) is 29.2 Å². The number of aliphatic carboxylic acids is 1. The topological polar surface area (TPSA) is 57.6 Å². The molecule has 4 nitrogen and oxygen atoms in total. The highest BCUT2D eigenvalue weighted by Crippen LogP contribution is 2.24. The zero-order chi connectivity index (χ0) is 15.5. The Morgan fingerprint density at radius 1 is 1.05 bits per heavy atom. The summed E-state index contributed by atoms with van der Waals surface area (Å²) in [5.74, 6) is -0.515. The lowest BCUT2D eigenvalue weighted by Crippen LogP contribution is -2.39. The zero-order valence-corrected chi connectivity index (χ0v) is 12.4. The number of amides is 1. The van der Waals surface area contributed by atoms with E-state index in [1.807, 2.05) is 47.4 Å². The van der Waals surface area contributed by atoms with E-state index in [1.54, 1.807) is 0 Å². The molecule has 114 valence electrons. The number of nitrogens with zero attached hydrogens (tertiary/aromatic N) is 1. The standard InChI is InChI=1S/C18H19NO3/c20-17(21)12-13-8-10-19(11-9-13)18(22)16-7-3-5-14-4-1-2-6-15(14)16/h1-7,13H,8-12H2,(H,20,21). The minimum absolute atomic E-state index is 0.0468. The van der Waals surface area contributed by atoms with Crippen LogP contribution in [0.5, 0.6) is 0 Å². The number of carboxylic acid groups (broad SMARTS) is 1. The van der Waals surface area contributed by atoms with Crippen LogP contribution in [0.15, 0.2) is 42.5 Å². The van der Waals surface area contributed by atoms with Crippen molar-refractivity contribution in [3.63, 3.8) is 0 Å². The second-order valence-corrected chi connectivity index (χ2v) is 5.86. The fourth-order valence-electron chi connectivity index (χ4n) is 3.17. The van der Waals surface area contributed by atoms with Crippen molar-refractivity contribution in [1.29, 1.82) is 0 Å². The summed E-state index contributed by atoms with van der Waals surface area (Å²) in [5, 5.41) is 10.9. The summed E-state index contributed by atoms with van der Waals surface area (Å²) in [7, 11) is 0. The van der Waals surface area contributed by atoms with Crippen LogP contribution in [0.1, 0.15) is 29.6 Å². The highest BCUT2D eigenvalue weighted by atomic mass is 16.4. The molecular weight excluding hydrogens is 278 g/mol.